The Morgan fingerprint density at radius 3 is 2.58 bits per heavy atom. The van der Waals surface area contributed by atoms with E-state index in [1.54, 1.807) is 0 Å². The van der Waals surface area contributed by atoms with Gasteiger partial charge >= 0.3 is 0 Å². The molecule has 7 heteroatoms. The van der Waals surface area contributed by atoms with E-state index in [0.717, 1.165) is 27.8 Å². The molecule has 130 valence electrons. The Bertz CT molecular complexity index is 665. The molecular weight excluding hydrogens is 370 g/mol. The quantitative estimate of drug-likeness (QED) is 0.628. The number of fused-ring (bicyclic) bond motifs is 1. The van der Waals surface area contributed by atoms with Crippen LogP contribution >= 0.6 is 15.9 Å². The lowest BCUT2D eigenvalue weighted by Gasteiger charge is -2.32. The van der Waals surface area contributed by atoms with Gasteiger partial charge in [-0.15, -0.1) is 0 Å². The lowest BCUT2D eigenvalue weighted by atomic mass is 10.1. The zero-order valence-electron chi connectivity index (χ0n) is 14.4. The molecule has 2 aliphatic rings. The van der Waals surface area contributed by atoms with Crippen molar-refractivity contribution >= 4 is 27.5 Å². The van der Waals surface area contributed by atoms with Gasteiger partial charge in [0.1, 0.15) is 12.5 Å². The average Bonchev–Trinajstić information content (AvgIpc) is 2.88. The molecule has 2 unspecified atom stereocenters. The zero-order chi connectivity index (χ0) is 17.4. The molecule has 0 bridgehead atoms. The third kappa shape index (κ3) is 3.49. The number of aryl methyl sites for hydroxylation is 2. The van der Waals surface area contributed by atoms with Crippen LogP contribution in [0.3, 0.4) is 0 Å². The maximum absolute atomic E-state index is 12.4. The molecule has 6 nitrogen and oxygen atoms in total. The number of carbonyl (C=O) groups excluding carboxylic acids is 1. The van der Waals surface area contributed by atoms with Gasteiger partial charge in [-0.05, 0) is 43.0 Å². The molecule has 3 rings (SSSR count). The molecule has 0 spiro atoms. The summed E-state index contributed by atoms with van der Waals surface area (Å²) in [5.74, 6) is 0.462. The smallest absolute Gasteiger partial charge is 0.254 e. The minimum atomic E-state index is -0.235. The summed E-state index contributed by atoms with van der Waals surface area (Å²) in [6, 6.07) is 4.15. The molecule has 0 saturated carbocycles. The average molecular weight is 394 g/mol. The van der Waals surface area contributed by atoms with Gasteiger partial charge < -0.3 is 5.32 Å². The summed E-state index contributed by atoms with van der Waals surface area (Å²) in [7, 11) is 0. The number of rotatable bonds is 4. The summed E-state index contributed by atoms with van der Waals surface area (Å²) in [6.07, 6.45) is 1.43. The SMILES string of the molecule is Cc1cc(Br)cc(C)c1N1C=C2C(=O)NC(NCC(C)C)NC2N1. The minimum absolute atomic E-state index is 0.0533. The van der Waals surface area contributed by atoms with Gasteiger partial charge in [-0.25, -0.2) is 5.43 Å². The standard InChI is InChI=1S/C17H24BrN5O/c1-9(2)7-19-17-20-15-13(16(24)21-17)8-23(22-15)14-10(3)5-12(18)6-11(14)4/h5-6,8-9,15,17,19-20,22H,7H2,1-4H3,(H,21,24). The molecule has 2 heterocycles. The van der Waals surface area contributed by atoms with Crippen LogP contribution in [0.5, 0.6) is 0 Å². The number of hydrogen-bond acceptors (Lipinski definition) is 5. The number of halogens is 1. The highest BCUT2D eigenvalue weighted by Gasteiger charge is 2.36. The first-order valence-electron chi connectivity index (χ1n) is 8.19. The molecule has 1 saturated heterocycles. The van der Waals surface area contributed by atoms with Crippen LogP contribution in [0.15, 0.2) is 28.4 Å². The number of hydrazine groups is 1. The number of nitrogens with one attached hydrogen (secondary N) is 4. The van der Waals surface area contributed by atoms with Crippen molar-refractivity contribution in [3.63, 3.8) is 0 Å². The van der Waals surface area contributed by atoms with E-state index in [9.17, 15) is 4.79 Å². The van der Waals surface area contributed by atoms with Crippen molar-refractivity contribution in [2.24, 2.45) is 5.92 Å². The lowest BCUT2D eigenvalue weighted by Crippen LogP contribution is -2.66. The number of carbonyl (C=O) groups is 1. The van der Waals surface area contributed by atoms with E-state index in [0.29, 0.717) is 11.5 Å². The lowest BCUT2D eigenvalue weighted by molar-refractivity contribution is -0.120. The maximum Gasteiger partial charge on any atom is 0.254 e. The molecule has 4 N–H and O–H groups in total. The fourth-order valence-corrected chi connectivity index (χ4v) is 3.76. The van der Waals surface area contributed by atoms with Crippen LogP contribution in [0, 0.1) is 19.8 Å². The van der Waals surface area contributed by atoms with Gasteiger partial charge in [-0.3, -0.25) is 20.4 Å². The van der Waals surface area contributed by atoms with Crippen molar-refractivity contribution in [1.29, 1.82) is 0 Å². The molecular formula is C17H24BrN5O. The van der Waals surface area contributed by atoms with Gasteiger partial charge in [0.05, 0.1) is 11.3 Å². The predicted molar refractivity (Wildman–Crippen MR) is 99.0 cm³/mol. The first kappa shape index (κ1) is 17.4. The summed E-state index contributed by atoms with van der Waals surface area (Å²) >= 11 is 3.52. The van der Waals surface area contributed by atoms with Crippen molar-refractivity contribution in [3.8, 4) is 0 Å². The highest BCUT2D eigenvalue weighted by molar-refractivity contribution is 9.10. The Hall–Kier alpha value is -1.41. The van der Waals surface area contributed by atoms with Crippen LogP contribution in [0.25, 0.3) is 0 Å². The summed E-state index contributed by atoms with van der Waals surface area (Å²) in [6.45, 7) is 9.24. The highest BCUT2D eigenvalue weighted by Crippen LogP contribution is 2.30. The summed E-state index contributed by atoms with van der Waals surface area (Å²) in [4.78, 5) is 12.4. The van der Waals surface area contributed by atoms with Crippen LogP contribution in [0.4, 0.5) is 5.69 Å². The maximum atomic E-state index is 12.4. The zero-order valence-corrected chi connectivity index (χ0v) is 16.0. The number of hydrogen-bond donors (Lipinski definition) is 4. The molecule has 0 radical (unpaired) electrons. The van der Waals surface area contributed by atoms with Crippen LogP contribution in [0.1, 0.15) is 25.0 Å². The van der Waals surface area contributed by atoms with Crippen LogP contribution in [-0.4, -0.2) is 24.9 Å². The van der Waals surface area contributed by atoms with Crippen molar-refractivity contribution in [2.45, 2.75) is 40.2 Å². The first-order valence-corrected chi connectivity index (χ1v) is 8.98. The monoisotopic (exact) mass is 393 g/mol. The van der Waals surface area contributed by atoms with Crippen molar-refractivity contribution in [2.75, 3.05) is 11.6 Å². The Kier molecular flexibility index (Phi) is 4.96. The Balaban J connectivity index is 1.78. The summed E-state index contributed by atoms with van der Waals surface area (Å²) in [5.41, 5.74) is 7.41. The molecule has 0 aliphatic carbocycles. The van der Waals surface area contributed by atoms with Gasteiger partial charge in [-0.1, -0.05) is 29.8 Å². The van der Waals surface area contributed by atoms with Gasteiger partial charge in [0, 0.05) is 17.2 Å². The number of anilines is 1. The fourth-order valence-electron chi connectivity index (χ4n) is 3.07. The molecule has 2 atom stereocenters. The summed E-state index contributed by atoms with van der Waals surface area (Å²) in [5, 5.41) is 11.6. The van der Waals surface area contributed by atoms with Crippen LogP contribution < -0.4 is 26.4 Å². The van der Waals surface area contributed by atoms with Crippen molar-refractivity contribution in [3.05, 3.63) is 39.5 Å². The second-order valence-corrected chi connectivity index (χ2v) is 7.70. The normalized spacial score (nSPS) is 23.3. The van der Waals surface area contributed by atoms with E-state index < -0.39 is 0 Å². The van der Waals surface area contributed by atoms with Gasteiger partial charge in [0.2, 0.25) is 0 Å². The van der Waals surface area contributed by atoms with Crippen molar-refractivity contribution in [1.82, 2.24) is 21.4 Å². The van der Waals surface area contributed by atoms with Crippen LogP contribution in [0.2, 0.25) is 0 Å². The van der Waals surface area contributed by atoms with Gasteiger partial charge in [0.25, 0.3) is 5.91 Å². The molecule has 1 fully saturated rings. The van der Waals surface area contributed by atoms with E-state index in [1.165, 1.54) is 0 Å². The predicted octanol–water partition coefficient (Wildman–Crippen LogP) is 1.85. The highest BCUT2D eigenvalue weighted by atomic mass is 79.9. The topological polar surface area (TPSA) is 68.4 Å². The first-order chi connectivity index (χ1) is 11.3. The van der Waals surface area contributed by atoms with Gasteiger partial charge in [-0.2, -0.15) is 0 Å². The summed E-state index contributed by atoms with van der Waals surface area (Å²) < 4.78 is 1.05. The van der Waals surface area contributed by atoms with E-state index in [4.69, 9.17) is 0 Å². The molecule has 24 heavy (non-hydrogen) atoms. The Morgan fingerprint density at radius 2 is 1.96 bits per heavy atom. The minimum Gasteiger partial charge on any atom is -0.324 e. The third-order valence-corrected chi connectivity index (χ3v) is 4.60. The Labute approximate surface area is 151 Å². The second-order valence-electron chi connectivity index (χ2n) is 6.78. The Morgan fingerprint density at radius 1 is 1.29 bits per heavy atom. The van der Waals surface area contributed by atoms with Crippen molar-refractivity contribution < 1.29 is 4.79 Å². The van der Waals surface area contributed by atoms with E-state index in [-0.39, 0.29) is 18.4 Å². The molecule has 0 aromatic heterocycles. The largest absolute Gasteiger partial charge is 0.324 e. The molecule has 1 amide bonds. The van der Waals surface area contributed by atoms with E-state index in [1.807, 2.05) is 11.2 Å². The van der Waals surface area contributed by atoms with Gasteiger partial charge in [0.15, 0.2) is 0 Å². The second kappa shape index (κ2) is 6.84. The number of nitrogens with zero attached hydrogens (tertiary/aromatic N) is 1. The fraction of sp³-hybridized carbons (Fsp3) is 0.471. The molecule has 1 aromatic rings. The van der Waals surface area contributed by atoms with E-state index in [2.05, 4.69) is 77.1 Å². The molecule has 2 aliphatic heterocycles. The van der Waals surface area contributed by atoms with Crippen LogP contribution in [-0.2, 0) is 4.79 Å². The van der Waals surface area contributed by atoms with E-state index >= 15 is 0 Å². The number of benzene rings is 1. The number of amides is 1. The molecule has 1 aromatic carbocycles. The third-order valence-electron chi connectivity index (χ3n) is 4.15.